The first kappa shape index (κ1) is 16.6. The minimum Gasteiger partial charge on any atom is -0.497 e. The number of nitrogens with zero attached hydrogens (tertiary/aromatic N) is 2. The first-order chi connectivity index (χ1) is 11.7. The number of amides is 2. The molecule has 1 aliphatic rings. The molecule has 2 amide bonds. The zero-order valence-corrected chi connectivity index (χ0v) is 14.3. The second-order valence-corrected chi connectivity index (χ2v) is 6.27. The Bertz CT molecular complexity index is 688. The number of hydrogen-bond donors (Lipinski definition) is 1. The average molecular weight is 346 g/mol. The van der Waals surface area contributed by atoms with Crippen molar-refractivity contribution in [1.29, 1.82) is 0 Å². The maximum Gasteiger partial charge on any atom is 0.317 e. The van der Waals surface area contributed by atoms with Gasteiger partial charge in [-0.25, -0.2) is 4.79 Å². The summed E-state index contributed by atoms with van der Waals surface area (Å²) < 4.78 is 5.18. The van der Waals surface area contributed by atoms with Gasteiger partial charge in [-0.2, -0.15) is 0 Å². The summed E-state index contributed by atoms with van der Waals surface area (Å²) in [4.78, 5) is 18.3. The van der Waals surface area contributed by atoms with Crippen LogP contribution in [0.15, 0.2) is 42.6 Å². The molecule has 1 aromatic heterocycles. The van der Waals surface area contributed by atoms with Gasteiger partial charge in [0.25, 0.3) is 0 Å². The summed E-state index contributed by atoms with van der Waals surface area (Å²) in [5, 5.41) is 3.50. The molecule has 2 heterocycles. The van der Waals surface area contributed by atoms with Crippen LogP contribution in [0.2, 0.25) is 5.02 Å². The van der Waals surface area contributed by atoms with Crippen LogP contribution in [0.4, 0.5) is 4.79 Å². The third kappa shape index (κ3) is 3.97. The molecule has 1 N–H and O–H groups in total. The first-order valence-corrected chi connectivity index (χ1v) is 8.30. The van der Waals surface area contributed by atoms with E-state index in [9.17, 15) is 4.79 Å². The van der Waals surface area contributed by atoms with E-state index in [2.05, 4.69) is 22.4 Å². The Balaban J connectivity index is 1.52. The number of urea groups is 1. The lowest BCUT2D eigenvalue weighted by Crippen LogP contribution is -2.38. The molecule has 1 atom stereocenters. The minimum atomic E-state index is -0.0530. The molecule has 0 saturated carbocycles. The summed E-state index contributed by atoms with van der Waals surface area (Å²) in [6.45, 7) is 1.89. The van der Waals surface area contributed by atoms with Crippen molar-refractivity contribution in [1.82, 2.24) is 15.2 Å². The fourth-order valence-electron chi connectivity index (χ4n) is 2.88. The van der Waals surface area contributed by atoms with E-state index in [1.165, 1.54) is 5.56 Å². The Kier molecular flexibility index (Phi) is 5.20. The molecule has 3 rings (SSSR count). The Labute approximate surface area is 146 Å². The SMILES string of the molecule is COc1ccc([C@@H]2CCN(C(=O)NCc3ccc(Cl)cn3)C2)cc1. The summed E-state index contributed by atoms with van der Waals surface area (Å²) in [7, 11) is 1.66. The monoisotopic (exact) mass is 345 g/mol. The van der Waals surface area contributed by atoms with Crippen molar-refractivity contribution in [3.63, 3.8) is 0 Å². The number of rotatable bonds is 4. The van der Waals surface area contributed by atoms with Gasteiger partial charge in [0.2, 0.25) is 0 Å². The predicted octanol–water partition coefficient (Wildman–Crippen LogP) is 3.44. The summed E-state index contributed by atoms with van der Waals surface area (Å²) in [5.74, 6) is 1.22. The van der Waals surface area contributed by atoms with Gasteiger partial charge >= 0.3 is 6.03 Å². The smallest absolute Gasteiger partial charge is 0.317 e. The van der Waals surface area contributed by atoms with Crippen LogP contribution in [0.1, 0.15) is 23.6 Å². The normalized spacial score (nSPS) is 16.9. The van der Waals surface area contributed by atoms with Crippen LogP contribution in [-0.4, -0.2) is 36.1 Å². The van der Waals surface area contributed by atoms with Gasteiger partial charge in [-0.15, -0.1) is 0 Å². The number of carbonyl (C=O) groups is 1. The average Bonchev–Trinajstić information content (AvgIpc) is 3.11. The molecule has 24 heavy (non-hydrogen) atoms. The Morgan fingerprint density at radius 1 is 1.33 bits per heavy atom. The van der Waals surface area contributed by atoms with Gasteiger partial charge in [0, 0.05) is 25.2 Å². The zero-order valence-electron chi connectivity index (χ0n) is 13.5. The number of likely N-dealkylation sites (tertiary alicyclic amines) is 1. The maximum absolute atomic E-state index is 12.3. The molecular formula is C18H20ClN3O2. The highest BCUT2D eigenvalue weighted by molar-refractivity contribution is 6.30. The van der Waals surface area contributed by atoms with Gasteiger partial charge in [-0.05, 0) is 36.2 Å². The van der Waals surface area contributed by atoms with Crippen LogP contribution in [-0.2, 0) is 6.54 Å². The largest absolute Gasteiger partial charge is 0.497 e. The van der Waals surface area contributed by atoms with E-state index in [4.69, 9.17) is 16.3 Å². The lowest BCUT2D eigenvalue weighted by atomic mass is 9.98. The highest BCUT2D eigenvalue weighted by Gasteiger charge is 2.27. The summed E-state index contributed by atoms with van der Waals surface area (Å²) in [6, 6.07) is 11.6. The minimum absolute atomic E-state index is 0.0530. The molecule has 0 unspecified atom stereocenters. The lowest BCUT2D eigenvalue weighted by molar-refractivity contribution is 0.207. The highest BCUT2D eigenvalue weighted by atomic mass is 35.5. The molecule has 5 nitrogen and oxygen atoms in total. The molecule has 2 aromatic rings. The molecule has 0 bridgehead atoms. The predicted molar refractivity (Wildman–Crippen MR) is 93.4 cm³/mol. The first-order valence-electron chi connectivity index (χ1n) is 7.93. The second kappa shape index (κ2) is 7.53. The van der Waals surface area contributed by atoms with Crippen LogP contribution in [0.25, 0.3) is 0 Å². The number of halogens is 1. The Morgan fingerprint density at radius 3 is 2.79 bits per heavy atom. The van der Waals surface area contributed by atoms with Crippen LogP contribution in [0.3, 0.4) is 0 Å². The molecule has 1 aliphatic heterocycles. The quantitative estimate of drug-likeness (QED) is 0.923. The van der Waals surface area contributed by atoms with Crippen molar-refractivity contribution in [2.75, 3.05) is 20.2 Å². The van der Waals surface area contributed by atoms with Crippen LogP contribution in [0.5, 0.6) is 5.75 Å². The number of aromatic nitrogens is 1. The van der Waals surface area contributed by atoms with E-state index >= 15 is 0 Å². The van der Waals surface area contributed by atoms with Crippen LogP contribution >= 0.6 is 11.6 Å². The number of methoxy groups -OCH3 is 1. The number of nitrogens with one attached hydrogen (secondary N) is 1. The molecule has 0 aliphatic carbocycles. The van der Waals surface area contributed by atoms with Crippen molar-refractivity contribution in [2.24, 2.45) is 0 Å². The van der Waals surface area contributed by atoms with Crippen molar-refractivity contribution >= 4 is 17.6 Å². The zero-order chi connectivity index (χ0) is 16.9. The molecule has 6 heteroatoms. The third-order valence-corrected chi connectivity index (χ3v) is 4.50. The fraction of sp³-hybridized carbons (Fsp3) is 0.333. The van der Waals surface area contributed by atoms with Crippen LogP contribution in [0, 0.1) is 0 Å². The number of ether oxygens (including phenoxy) is 1. The van der Waals surface area contributed by atoms with E-state index in [0.717, 1.165) is 31.0 Å². The van der Waals surface area contributed by atoms with Gasteiger partial charge in [0.15, 0.2) is 0 Å². The topological polar surface area (TPSA) is 54.5 Å². The Hall–Kier alpha value is -2.27. The standard InChI is InChI=1S/C18H20ClN3O2/c1-24-17-6-2-13(3-7-17)14-8-9-22(12-14)18(23)21-11-16-5-4-15(19)10-20-16/h2-7,10,14H,8-9,11-12H2,1H3,(H,21,23)/t14-/m1/s1. The van der Waals surface area contributed by atoms with E-state index in [1.807, 2.05) is 23.1 Å². The molecular weight excluding hydrogens is 326 g/mol. The number of pyridine rings is 1. The van der Waals surface area contributed by atoms with E-state index in [0.29, 0.717) is 17.5 Å². The van der Waals surface area contributed by atoms with Gasteiger partial charge < -0.3 is 15.0 Å². The van der Waals surface area contributed by atoms with E-state index in [1.54, 1.807) is 19.4 Å². The van der Waals surface area contributed by atoms with Gasteiger partial charge in [0.1, 0.15) is 5.75 Å². The lowest BCUT2D eigenvalue weighted by Gasteiger charge is -2.17. The number of carbonyl (C=O) groups excluding carboxylic acids is 1. The second-order valence-electron chi connectivity index (χ2n) is 5.83. The third-order valence-electron chi connectivity index (χ3n) is 4.27. The van der Waals surface area contributed by atoms with Gasteiger partial charge in [-0.3, -0.25) is 4.98 Å². The highest BCUT2D eigenvalue weighted by Crippen LogP contribution is 2.28. The molecule has 1 aromatic carbocycles. The van der Waals surface area contributed by atoms with Gasteiger partial charge in [-0.1, -0.05) is 23.7 Å². The van der Waals surface area contributed by atoms with E-state index in [-0.39, 0.29) is 6.03 Å². The Morgan fingerprint density at radius 2 is 2.12 bits per heavy atom. The fourth-order valence-corrected chi connectivity index (χ4v) is 2.99. The number of hydrogen-bond acceptors (Lipinski definition) is 3. The summed E-state index contributed by atoms with van der Waals surface area (Å²) in [6.07, 6.45) is 2.55. The van der Waals surface area contributed by atoms with Crippen molar-refractivity contribution in [3.05, 3.63) is 58.9 Å². The molecule has 1 saturated heterocycles. The van der Waals surface area contributed by atoms with Crippen molar-refractivity contribution in [2.45, 2.75) is 18.9 Å². The molecule has 1 fully saturated rings. The van der Waals surface area contributed by atoms with Gasteiger partial charge in [0.05, 0.1) is 24.4 Å². The van der Waals surface area contributed by atoms with Crippen molar-refractivity contribution in [3.8, 4) is 5.75 Å². The van der Waals surface area contributed by atoms with E-state index < -0.39 is 0 Å². The van der Waals surface area contributed by atoms with Crippen LogP contribution < -0.4 is 10.1 Å². The van der Waals surface area contributed by atoms with Crippen molar-refractivity contribution < 1.29 is 9.53 Å². The molecule has 0 spiro atoms. The summed E-state index contributed by atoms with van der Waals surface area (Å²) >= 11 is 5.81. The molecule has 126 valence electrons. The maximum atomic E-state index is 12.3. The molecule has 0 radical (unpaired) electrons. The number of benzene rings is 1. The summed E-state index contributed by atoms with van der Waals surface area (Å²) in [5.41, 5.74) is 2.03.